The molecule has 1 fully saturated rings. The predicted molar refractivity (Wildman–Crippen MR) is 130 cm³/mol. The molecule has 1 saturated heterocycles. The lowest BCUT2D eigenvalue weighted by Crippen LogP contribution is -2.57. The molecule has 8 nitrogen and oxygen atoms in total. The summed E-state index contributed by atoms with van der Waals surface area (Å²) in [5.41, 5.74) is 1.63. The van der Waals surface area contributed by atoms with Gasteiger partial charge in [0.15, 0.2) is 6.29 Å². The van der Waals surface area contributed by atoms with Gasteiger partial charge in [-0.2, -0.15) is 5.10 Å². The topological polar surface area (TPSA) is 100 Å². The number of hydrogen-bond donors (Lipinski definition) is 4. The minimum Gasteiger partial charge on any atom is -0.334 e. The van der Waals surface area contributed by atoms with Crippen LogP contribution in [0.3, 0.4) is 0 Å². The molecule has 3 atom stereocenters. The van der Waals surface area contributed by atoms with Gasteiger partial charge >= 0.3 is 6.03 Å². The molecule has 0 spiro atoms. The Morgan fingerprint density at radius 2 is 1.85 bits per heavy atom. The fourth-order valence-corrected chi connectivity index (χ4v) is 3.89. The fraction of sp³-hybridized carbons (Fsp3) is 0.400. The molecule has 3 amide bonds. The predicted octanol–water partition coefficient (Wildman–Crippen LogP) is 3.86. The zero-order valence-corrected chi connectivity index (χ0v) is 19.8. The van der Waals surface area contributed by atoms with Crippen LogP contribution in [0.25, 0.3) is 10.8 Å². The molecule has 0 bridgehead atoms. The molecule has 174 valence electrons. The molecule has 1 aliphatic heterocycles. The summed E-state index contributed by atoms with van der Waals surface area (Å²) in [6.07, 6.45) is -0.548. The van der Waals surface area contributed by atoms with E-state index in [1.54, 1.807) is 4.68 Å². The summed E-state index contributed by atoms with van der Waals surface area (Å²) >= 11 is 0. The second-order valence-corrected chi connectivity index (χ2v) is 9.71. The van der Waals surface area contributed by atoms with E-state index in [0.717, 1.165) is 22.0 Å². The van der Waals surface area contributed by atoms with Gasteiger partial charge in [0, 0.05) is 24.1 Å². The van der Waals surface area contributed by atoms with Gasteiger partial charge in [0.05, 0.1) is 11.6 Å². The number of aromatic nitrogens is 2. The highest BCUT2D eigenvalue weighted by atomic mass is 16.2. The summed E-state index contributed by atoms with van der Waals surface area (Å²) in [6, 6.07) is 15.6. The smallest absolute Gasteiger partial charge is 0.320 e. The first-order valence-electron chi connectivity index (χ1n) is 11.3. The molecule has 3 unspecified atom stereocenters. The van der Waals surface area contributed by atoms with Gasteiger partial charge in [0.1, 0.15) is 5.82 Å². The average Bonchev–Trinajstić information content (AvgIpc) is 3.20. The number of benzene rings is 2. The summed E-state index contributed by atoms with van der Waals surface area (Å²) < 4.78 is 1.64. The number of nitrogens with zero attached hydrogens (tertiary/aromatic N) is 2. The summed E-state index contributed by atoms with van der Waals surface area (Å²) in [5.74, 6) is 0.305. The first kappa shape index (κ1) is 22.8. The molecule has 4 N–H and O–H groups in total. The van der Waals surface area contributed by atoms with Gasteiger partial charge in [-0.3, -0.25) is 15.4 Å². The molecule has 0 radical (unpaired) electrons. The Balaban J connectivity index is 1.53. The van der Waals surface area contributed by atoms with Crippen LogP contribution in [-0.2, 0) is 16.8 Å². The lowest BCUT2D eigenvalue weighted by atomic mass is 9.92. The number of carbonyl (C=O) groups is 2. The van der Waals surface area contributed by atoms with Crippen molar-refractivity contribution in [3.05, 3.63) is 59.8 Å². The average molecular weight is 449 g/mol. The highest BCUT2D eigenvalue weighted by Gasteiger charge is 2.33. The zero-order valence-electron chi connectivity index (χ0n) is 19.8. The second-order valence-electron chi connectivity index (χ2n) is 9.71. The Morgan fingerprint density at radius 1 is 1.12 bits per heavy atom. The molecule has 2 aromatic carbocycles. The Hall–Kier alpha value is -3.39. The van der Waals surface area contributed by atoms with Crippen molar-refractivity contribution in [3.8, 4) is 0 Å². The van der Waals surface area contributed by atoms with E-state index in [-0.39, 0.29) is 29.3 Å². The van der Waals surface area contributed by atoms with Crippen molar-refractivity contribution < 1.29 is 9.59 Å². The summed E-state index contributed by atoms with van der Waals surface area (Å²) in [7, 11) is 0. The summed E-state index contributed by atoms with van der Waals surface area (Å²) in [4.78, 5) is 25.2. The van der Waals surface area contributed by atoms with Crippen molar-refractivity contribution in [1.82, 2.24) is 25.7 Å². The lowest BCUT2D eigenvalue weighted by molar-refractivity contribution is -0.130. The van der Waals surface area contributed by atoms with Gasteiger partial charge in [0.25, 0.3) is 0 Å². The standard InChI is InChI=1S/C25H32N6O2/c1-15-16(2)27-23(29-22(15)32)31-21(13-20(30-31)25(3,4)5)28-24(33)26-14-18-11-8-10-17-9-6-7-12-19(17)18/h6-13,15-16,23,27H,14H2,1-5H3,(H,29,32)(H2,26,28,33). The lowest BCUT2D eigenvalue weighted by Gasteiger charge is -2.34. The quantitative estimate of drug-likeness (QED) is 0.487. The Bertz CT molecular complexity index is 1170. The van der Waals surface area contributed by atoms with E-state index in [1.165, 1.54) is 0 Å². The molecule has 1 aliphatic rings. The maximum Gasteiger partial charge on any atom is 0.320 e. The normalized spacial score (nSPS) is 21.0. The zero-order chi connectivity index (χ0) is 23.8. The van der Waals surface area contributed by atoms with Crippen LogP contribution < -0.4 is 21.3 Å². The van der Waals surface area contributed by atoms with Crippen LogP contribution in [0.5, 0.6) is 0 Å². The van der Waals surface area contributed by atoms with Gasteiger partial charge in [-0.1, -0.05) is 70.2 Å². The van der Waals surface area contributed by atoms with E-state index >= 15 is 0 Å². The van der Waals surface area contributed by atoms with Gasteiger partial charge in [0.2, 0.25) is 5.91 Å². The molecule has 0 aliphatic carbocycles. The van der Waals surface area contributed by atoms with Crippen molar-refractivity contribution in [1.29, 1.82) is 0 Å². The van der Waals surface area contributed by atoms with E-state index in [9.17, 15) is 9.59 Å². The molecule has 0 saturated carbocycles. The van der Waals surface area contributed by atoms with E-state index < -0.39 is 6.29 Å². The largest absolute Gasteiger partial charge is 0.334 e. The molecule has 4 rings (SSSR count). The van der Waals surface area contributed by atoms with Crippen molar-refractivity contribution in [3.63, 3.8) is 0 Å². The highest BCUT2D eigenvalue weighted by Crippen LogP contribution is 2.27. The number of hydrogen-bond acceptors (Lipinski definition) is 4. The highest BCUT2D eigenvalue weighted by molar-refractivity contribution is 5.90. The van der Waals surface area contributed by atoms with Crippen molar-refractivity contribution >= 4 is 28.5 Å². The molecule has 2 heterocycles. The van der Waals surface area contributed by atoms with Crippen LogP contribution in [0, 0.1) is 5.92 Å². The monoisotopic (exact) mass is 448 g/mol. The number of rotatable bonds is 4. The second kappa shape index (κ2) is 8.86. The third kappa shape index (κ3) is 4.85. The van der Waals surface area contributed by atoms with Gasteiger partial charge in [-0.15, -0.1) is 0 Å². The van der Waals surface area contributed by atoms with E-state index in [4.69, 9.17) is 5.10 Å². The number of amides is 3. The van der Waals surface area contributed by atoms with Crippen LogP contribution in [0.1, 0.15) is 52.2 Å². The third-order valence-corrected chi connectivity index (χ3v) is 6.17. The first-order valence-corrected chi connectivity index (χ1v) is 11.3. The Morgan fingerprint density at radius 3 is 2.58 bits per heavy atom. The molecule has 8 heteroatoms. The van der Waals surface area contributed by atoms with E-state index in [1.807, 2.05) is 44.2 Å². The minimum atomic E-state index is -0.548. The number of urea groups is 1. The van der Waals surface area contributed by atoms with Crippen LogP contribution in [0.2, 0.25) is 0 Å². The number of nitrogens with one attached hydrogen (secondary N) is 4. The van der Waals surface area contributed by atoms with Crippen molar-refractivity contribution in [2.24, 2.45) is 5.92 Å². The summed E-state index contributed by atoms with van der Waals surface area (Å²) in [6.45, 7) is 10.4. The Kier molecular flexibility index (Phi) is 6.12. The number of fused-ring (bicyclic) bond motifs is 1. The van der Waals surface area contributed by atoms with Gasteiger partial charge in [-0.05, 0) is 23.3 Å². The molecular weight excluding hydrogens is 416 g/mol. The molecule has 3 aromatic rings. The van der Waals surface area contributed by atoms with Crippen LogP contribution in [0.4, 0.5) is 10.6 Å². The van der Waals surface area contributed by atoms with Crippen LogP contribution in [-0.4, -0.2) is 27.8 Å². The van der Waals surface area contributed by atoms with Crippen LogP contribution in [0.15, 0.2) is 48.5 Å². The van der Waals surface area contributed by atoms with E-state index in [2.05, 4.69) is 60.2 Å². The minimum absolute atomic E-state index is 0.0286. The summed E-state index contributed by atoms with van der Waals surface area (Å²) in [5, 5.41) is 19.1. The number of anilines is 1. The maximum atomic E-state index is 12.8. The number of carbonyl (C=O) groups excluding carboxylic acids is 2. The third-order valence-electron chi connectivity index (χ3n) is 6.17. The fourth-order valence-electron chi connectivity index (χ4n) is 3.89. The van der Waals surface area contributed by atoms with E-state index in [0.29, 0.717) is 12.4 Å². The molecular formula is C25H32N6O2. The molecule has 1 aromatic heterocycles. The van der Waals surface area contributed by atoms with Crippen molar-refractivity contribution in [2.75, 3.05) is 5.32 Å². The SMILES string of the molecule is CC1NC(n2nc(C(C)(C)C)cc2NC(=O)NCc2cccc3ccccc23)NC(=O)C1C. The Labute approximate surface area is 194 Å². The van der Waals surface area contributed by atoms with Crippen molar-refractivity contribution in [2.45, 2.75) is 58.9 Å². The maximum absolute atomic E-state index is 12.8. The van der Waals surface area contributed by atoms with Gasteiger partial charge < -0.3 is 10.6 Å². The van der Waals surface area contributed by atoms with Crippen LogP contribution >= 0.6 is 0 Å². The molecule has 33 heavy (non-hydrogen) atoms. The van der Waals surface area contributed by atoms with Gasteiger partial charge in [-0.25, -0.2) is 9.48 Å². The first-order chi connectivity index (χ1) is 15.6.